The van der Waals surface area contributed by atoms with E-state index < -0.39 is 23.5 Å². The number of nitrogens with zero attached hydrogens (tertiary/aromatic N) is 1. The average Bonchev–Trinajstić information content (AvgIpc) is 2.69. The maximum absolute atomic E-state index is 13.1. The van der Waals surface area contributed by atoms with Gasteiger partial charge in [0.15, 0.2) is 0 Å². The smallest absolute Gasteiger partial charge is 0.229 e. The molecule has 0 bridgehead atoms. The zero-order valence-electron chi connectivity index (χ0n) is 12.2. The van der Waals surface area contributed by atoms with Crippen LogP contribution < -0.4 is 5.32 Å². The van der Waals surface area contributed by atoms with Crippen LogP contribution in [0.4, 0.5) is 14.5 Å². The van der Waals surface area contributed by atoms with Crippen molar-refractivity contribution in [2.24, 2.45) is 5.92 Å². The number of halogens is 2. The van der Waals surface area contributed by atoms with Gasteiger partial charge in [-0.05, 0) is 32.9 Å². The molecule has 0 unspecified atom stereocenters. The molecule has 1 N–H and O–H groups in total. The van der Waals surface area contributed by atoms with E-state index in [0.29, 0.717) is 6.54 Å². The normalized spacial score (nSPS) is 19.0. The summed E-state index contributed by atoms with van der Waals surface area (Å²) in [4.78, 5) is 25.7. The fourth-order valence-corrected chi connectivity index (χ4v) is 2.40. The molecule has 2 amide bonds. The number of likely N-dealkylation sites (tertiary alicyclic amines) is 1. The van der Waals surface area contributed by atoms with Crippen LogP contribution in [0.2, 0.25) is 0 Å². The third-order valence-electron chi connectivity index (χ3n) is 3.44. The highest BCUT2D eigenvalue weighted by Gasteiger charge is 2.39. The largest absolute Gasteiger partial charge is 0.337 e. The van der Waals surface area contributed by atoms with Gasteiger partial charge in [-0.3, -0.25) is 9.59 Å². The minimum absolute atomic E-state index is 0.0548. The quantitative estimate of drug-likeness (QED) is 0.912. The van der Waals surface area contributed by atoms with E-state index in [-0.39, 0.29) is 23.6 Å². The first-order chi connectivity index (χ1) is 9.66. The Morgan fingerprint density at radius 1 is 1.24 bits per heavy atom. The summed E-state index contributed by atoms with van der Waals surface area (Å²) in [6, 6.07) is 2.81. The van der Waals surface area contributed by atoms with Gasteiger partial charge in [-0.15, -0.1) is 0 Å². The molecule has 1 aliphatic rings. The molecule has 1 aromatic rings. The van der Waals surface area contributed by atoms with E-state index in [1.807, 2.05) is 20.8 Å². The Morgan fingerprint density at radius 2 is 1.81 bits per heavy atom. The summed E-state index contributed by atoms with van der Waals surface area (Å²) in [6.45, 7) is 6.00. The lowest BCUT2D eigenvalue weighted by Gasteiger charge is -2.31. The van der Waals surface area contributed by atoms with Crippen LogP contribution in [0.3, 0.4) is 0 Å². The topological polar surface area (TPSA) is 49.4 Å². The van der Waals surface area contributed by atoms with Gasteiger partial charge in [0.05, 0.1) is 5.92 Å². The second kappa shape index (κ2) is 5.42. The third-order valence-corrected chi connectivity index (χ3v) is 3.44. The van der Waals surface area contributed by atoms with Crippen molar-refractivity contribution in [1.29, 1.82) is 0 Å². The van der Waals surface area contributed by atoms with Crippen LogP contribution in [0.25, 0.3) is 0 Å². The molecule has 6 heteroatoms. The van der Waals surface area contributed by atoms with Gasteiger partial charge in [0, 0.05) is 30.3 Å². The summed E-state index contributed by atoms with van der Waals surface area (Å²) < 4.78 is 26.2. The second-order valence-electron chi connectivity index (χ2n) is 6.22. The zero-order chi connectivity index (χ0) is 15.8. The van der Waals surface area contributed by atoms with E-state index in [0.717, 1.165) is 18.2 Å². The Balaban J connectivity index is 2.07. The summed E-state index contributed by atoms with van der Waals surface area (Å²) >= 11 is 0. The van der Waals surface area contributed by atoms with Gasteiger partial charge in [0.25, 0.3) is 0 Å². The molecular weight excluding hydrogens is 278 g/mol. The van der Waals surface area contributed by atoms with Gasteiger partial charge in [0.2, 0.25) is 11.8 Å². The molecule has 1 saturated heterocycles. The van der Waals surface area contributed by atoms with Gasteiger partial charge in [0.1, 0.15) is 11.6 Å². The van der Waals surface area contributed by atoms with Crippen LogP contribution in [-0.2, 0) is 9.59 Å². The molecule has 0 spiro atoms. The molecule has 21 heavy (non-hydrogen) atoms. The van der Waals surface area contributed by atoms with Crippen molar-refractivity contribution in [2.45, 2.75) is 32.7 Å². The Bertz CT molecular complexity index is 561. The van der Waals surface area contributed by atoms with E-state index in [9.17, 15) is 18.4 Å². The molecule has 1 fully saturated rings. The van der Waals surface area contributed by atoms with E-state index in [1.54, 1.807) is 4.90 Å². The number of nitrogens with one attached hydrogen (secondary N) is 1. The Kier molecular flexibility index (Phi) is 3.98. The summed E-state index contributed by atoms with van der Waals surface area (Å²) in [5.41, 5.74) is -0.295. The summed E-state index contributed by atoms with van der Waals surface area (Å²) in [5, 5.41) is 2.46. The summed E-state index contributed by atoms with van der Waals surface area (Å²) in [5.74, 6) is -2.52. The number of hydrogen-bond acceptors (Lipinski definition) is 2. The third kappa shape index (κ3) is 3.56. The van der Waals surface area contributed by atoms with Crippen molar-refractivity contribution < 1.29 is 18.4 Å². The van der Waals surface area contributed by atoms with Crippen LogP contribution in [0.5, 0.6) is 0 Å². The van der Waals surface area contributed by atoms with Gasteiger partial charge >= 0.3 is 0 Å². The Labute approximate surface area is 122 Å². The van der Waals surface area contributed by atoms with Crippen molar-refractivity contribution in [1.82, 2.24) is 4.90 Å². The molecule has 0 saturated carbocycles. The van der Waals surface area contributed by atoms with Crippen LogP contribution >= 0.6 is 0 Å². The van der Waals surface area contributed by atoms with E-state index in [1.165, 1.54) is 0 Å². The van der Waals surface area contributed by atoms with E-state index in [2.05, 4.69) is 5.32 Å². The highest BCUT2D eigenvalue weighted by Crippen LogP contribution is 2.26. The van der Waals surface area contributed by atoms with Crippen LogP contribution in [-0.4, -0.2) is 28.8 Å². The zero-order valence-corrected chi connectivity index (χ0v) is 12.2. The van der Waals surface area contributed by atoms with Crippen molar-refractivity contribution in [3.63, 3.8) is 0 Å². The van der Waals surface area contributed by atoms with Crippen molar-refractivity contribution in [3.8, 4) is 0 Å². The number of carbonyl (C=O) groups is 2. The molecule has 4 nitrogen and oxygen atoms in total. The number of anilines is 1. The molecule has 2 rings (SSSR count). The molecule has 1 atom stereocenters. The highest BCUT2D eigenvalue weighted by atomic mass is 19.1. The second-order valence-corrected chi connectivity index (χ2v) is 6.22. The predicted molar refractivity (Wildman–Crippen MR) is 74.6 cm³/mol. The lowest BCUT2D eigenvalue weighted by molar-refractivity contribution is -0.131. The lowest BCUT2D eigenvalue weighted by atomic mass is 10.1. The fourth-order valence-electron chi connectivity index (χ4n) is 2.40. The molecule has 1 heterocycles. The number of carbonyl (C=O) groups excluding carboxylic acids is 2. The van der Waals surface area contributed by atoms with Gasteiger partial charge in [-0.2, -0.15) is 0 Å². The first-order valence-electron chi connectivity index (χ1n) is 6.74. The molecule has 114 valence electrons. The minimum Gasteiger partial charge on any atom is -0.337 e. The molecule has 0 aliphatic carbocycles. The number of rotatable bonds is 2. The lowest BCUT2D eigenvalue weighted by Crippen LogP contribution is -2.42. The molecular formula is C15H18F2N2O2. The summed E-state index contributed by atoms with van der Waals surface area (Å²) in [7, 11) is 0. The van der Waals surface area contributed by atoms with E-state index >= 15 is 0 Å². The van der Waals surface area contributed by atoms with Crippen LogP contribution in [0, 0.1) is 17.6 Å². The van der Waals surface area contributed by atoms with E-state index in [4.69, 9.17) is 0 Å². The first kappa shape index (κ1) is 15.4. The van der Waals surface area contributed by atoms with Crippen molar-refractivity contribution in [3.05, 3.63) is 29.8 Å². The average molecular weight is 296 g/mol. The number of hydrogen-bond donors (Lipinski definition) is 1. The van der Waals surface area contributed by atoms with Crippen LogP contribution in [0.15, 0.2) is 18.2 Å². The minimum atomic E-state index is -0.760. The monoisotopic (exact) mass is 296 g/mol. The maximum Gasteiger partial charge on any atom is 0.229 e. The SMILES string of the molecule is CC(C)(C)N1C[C@@H](C(=O)Nc2cc(F)cc(F)c2)CC1=O. The maximum atomic E-state index is 13.1. The van der Waals surface area contributed by atoms with Gasteiger partial charge in [-0.25, -0.2) is 8.78 Å². The molecule has 1 aromatic carbocycles. The first-order valence-corrected chi connectivity index (χ1v) is 6.74. The molecule has 0 aromatic heterocycles. The number of amides is 2. The molecule has 1 aliphatic heterocycles. The fraction of sp³-hybridized carbons (Fsp3) is 0.467. The summed E-state index contributed by atoms with van der Waals surface area (Å²) in [6.07, 6.45) is 0.112. The van der Waals surface area contributed by atoms with Crippen LogP contribution in [0.1, 0.15) is 27.2 Å². The molecule has 0 radical (unpaired) electrons. The van der Waals surface area contributed by atoms with Crippen molar-refractivity contribution >= 4 is 17.5 Å². The predicted octanol–water partition coefficient (Wildman–Crippen LogP) is 2.55. The Hall–Kier alpha value is -1.98. The van der Waals surface area contributed by atoms with Gasteiger partial charge in [-0.1, -0.05) is 0 Å². The highest BCUT2D eigenvalue weighted by molar-refractivity contribution is 5.97. The van der Waals surface area contributed by atoms with Crippen molar-refractivity contribution in [2.75, 3.05) is 11.9 Å². The van der Waals surface area contributed by atoms with Gasteiger partial charge < -0.3 is 10.2 Å². The Morgan fingerprint density at radius 3 is 2.29 bits per heavy atom. The standard InChI is InChI=1S/C15H18F2N2O2/c1-15(2,3)19-8-9(4-13(19)20)14(21)18-12-6-10(16)5-11(17)7-12/h5-7,9H,4,8H2,1-3H3,(H,18,21)/t9-/m0/s1. The number of benzene rings is 1.